The maximum absolute atomic E-state index is 11.4. The van der Waals surface area contributed by atoms with Gasteiger partial charge in [-0.25, -0.2) is 9.97 Å². The average Bonchev–Trinajstić information content (AvgIpc) is 3.04. The Labute approximate surface area is 174 Å². The molecule has 0 saturated carbocycles. The van der Waals surface area contributed by atoms with Gasteiger partial charge < -0.3 is 20.1 Å². The highest BCUT2D eigenvalue weighted by molar-refractivity contribution is 5.92. The predicted molar refractivity (Wildman–Crippen MR) is 114 cm³/mol. The topological polar surface area (TPSA) is 118 Å². The quantitative estimate of drug-likeness (QED) is 0.483. The van der Waals surface area contributed by atoms with E-state index in [1.54, 1.807) is 10.9 Å². The van der Waals surface area contributed by atoms with Gasteiger partial charge in [-0.3, -0.25) is 9.48 Å². The Kier molecular flexibility index (Phi) is 6.78. The summed E-state index contributed by atoms with van der Waals surface area (Å²) in [6, 6.07) is 3.82. The zero-order chi connectivity index (χ0) is 21.7. The van der Waals surface area contributed by atoms with Gasteiger partial charge in [-0.15, -0.1) is 0 Å². The number of hydrogen-bond donors (Lipinski definition) is 2. The van der Waals surface area contributed by atoms with Crippen LogP contribution in [0, 0.1) is 6.92 Å². The zero-order valence-electron chi connectivity index (χ0n) is 17.7. The number of ether oxygens (including phenoxy) is 1. The largest absolute Gasteiger partial charge is 0.481 e. The molecule has 0 fully saturated rings. The number of aryl methyl sites for hydroxylation is 1. The van der Waals surface area contributed by atoms with E-state index in [0.29, 0.717) is 60.6 Å². The summed E-state index contributed by atoms with van der Waals surface area (Å²) in [5.74, 6) is 0.674. The molecular weight excluding hydrogens is 386 g/mol. The van der Waals surface area contributed by atoms with Gasteiger partial charge in [0.15, 0.2) is 5.82 Å². The van der Waals surface area contributed by atoms with E-state index < -0.39 is 5.97 Å². The first-order valence-corrected chi connectivity index (χ1v) is 9.90. The fourth-order valence-corrected chi connectivity index (χ4v) is 2.98. The molecule has 10 nitrogen and oxygen atoms in total. The normalized spacial score (nSPS) is 11.1. The highest BCUT2D eigenvalue weighted by Gasteiger charge is 2.21. The van der Waals surface area contributed by atoms with Crippen LogP contribution in [0.3, 0.4) is 0 Å². The first-order valence-electron chi connectivity index (χ1n) is 9.90. The summed E-state index contributed by atoms with van der Waals surface area (Å²) in [5, 5.41) is 17.1. The third-order valence-electron chi connectivity index (χ3n) is 4.59. The molecule has 0 radical (unpaired) electrons. The highest BCUT2D eigenvalue weighted by Crippen LogP contribution is 2.28. The van der Waals surface area contributed by atoms with Crippen molar-refractivity contribution in [3.63, 3.8) is 0 Å². The van der Waals surface area contributed by atoms with Crippen molar-refractivity contribution in [1.29, 1.82) is 0 Å². The monoisotopic (exact) mass is 413 g/mol. The molecule has 0 saturated heterocycles. The minimum Gasteiger partial charge on any atom is -0.481 e. The van der Waals surface area contributed by atoms with Crippen molar-refractivity contribution in [3.05, 3.63) is 29.6 Å². The van der Waals surface area contributed by atoms with E-state index in [1.807, 2.05) is 44.9 Å². The Morgan fingerprint density at radius 3 is 2.80 bits per heavy atom. The molecule has 0 aliphatic rings. The maximum atomic E-state index is 11.4. The van der Waals surface area contributed by atoms with Crippen molar-refractivity contribution in [2.24, 2.45) is 0 Å². The van der Waals surface area contributed by atoms with Crippen LogP contribution in [0.25, 0.3) is 11.0 Å². The van der Waals surface area contributed by atoms with Crippen molar-refractivity contribution in [3.8, 4) is 0 Å². The Bertz CT molecular complexity index is 1030. The van der Waals surface area contributed by atoms with Gasteiger partial charge in [0, 0.05) is 26.4 Å². The van der Waals surface area contributed by atoms with Crippen LogP contribution in [0.1, 0.15) is 25.1 Å². The van der Waals surface area contributed by atoms with Crippen LogP contribution in [0.4, 0.5) is 17.6 Å². The number of aliphatic carboxylic acids is 1. The molecule has 3 aromatic heterocycles. The molecule has 0 aliphatic carbocycles. The molecule has 10 heteroatoms. The number of rotatable bonds is 10. The molecule has 3 aromatic rings. The molecule has 0 atom stereocenters. The number of nitrogens with one attached hydrogen (secondary N) is 1. The minimum atomic E-state index is -0.967. The van der Waals surface area contributed by atoms with Gasteiger partial charge in [-0.2, -0.15) is 10.1 Å². The number of nitrogens with zero attached hydrogens (tertiary/aromatic N) is 6. The molecule has 3 rings (SSSR count). The van der Waals surface area contributed by atoms with E-state index in [1.165, 1.54) is 0 Å². The molecule has 3 heterocycles. The van der Waals surface area contributed by atoms with Gasteiger partial charge >= 0.3 is 5.97 Å². The van der Waals surface area contributed by atoms with Crippen LogP contribution in [0.5, 0.6) is 0 Å². The highest BCUT2D eigenvalue weighted by atomic mass is 16.5. The number of carboxylic acid groups (broad SMARTS) is 1. The molecule has 0 aliphatic heterocycles. The number of fused-ring (bicyclic) bond motifs is 1. The molecule has 0 aromatic carbocycles. The fourth-order valence-electron chi connectivity index (χ4n) is 2.98. The zero-order valence-corrected chi connectivity index (χ0v) is 17.7. The molecule has 0 amide bonds. The van der Waals surface area contributed by atoms with Gasteiger partial charge in [0.05, 0.1) is 19.6 Å². The summed E-state index contributed by atoms with van der Waals surface area (Å²) in [4.78, 5) is 27.0. The van der Waals surface area contributed by atoms with E-state index in [4.69, 9.17) is 9.72 Å². The van der Waals surface area contributed by atoms with Crippen molar-refractivity contribution in [2.45, 2.75) is 33.7 Å². The minimum absolute atomic E-state index is 0.230. The third kappa shape index (κ3) is 4.82. The van der Waals surface area contributed by atoms with Gasteiger partial charge in [0.1, 0.15) is 22.5 Å². The Morgan fingerprint density at radius 1 is 1.33 bits per heavy atom. The Balaban J connectivity index is 2.18. The van der Waals surface area contributed by atoms with E-state index in [9.17, 15) is 9.90 Å². The second kappa shape index (κ2) is 9.49. The summed E-state index contributed by atoms with van der Waals surface area (Å²) in [6.07, 6.45) is 1.49. The summed E-state index contributed by atoms with van der Waals surface area (Å²) in [5.41, 5.74) is 2.58. The van der Waals surface area contributed by atoms with Gasteiger partial charge in [0.25, 0.3) is 0 Å². The van der Waals surface area contributed by atoms with Crippen LogP contribution in [0.2, 0.25) is 0 Å². The van der Waals surface area contributed by atoms with Crippen molar-refractivity contribution < 1.29 is 14.6 Å². The average molecular weight is 413 g/mol. The third-order valence-corrected chi connectivity index (χ3v) is 4.59. The molecule has 0 spiro atoms. The SMILES string of the molecule is CCOCCn1nc(CC(=O)O)c2nc(N(C)CC)nc(Nc3cc(C)ccn3)c21. The van der Waals surface area contributed by atoms with E-state index in [2.05, 4.69) is 20.4 Å². The van der Waals surface area contributed by atoms with Crippen LogP contribution in [0.15, 0.2) is 18.3 Å². The van der Waals surface area contributed by atoms with Crippen LogP contribution in [-0.4, -0.2) is 62.6 Å². The van der Waals surface area contributed by atoms with Gasteiger partial charge in [0.2, 0.25) is 5.95 Å². The lowest BCUT2D eigenvalue weighted by atomic mass is 10.2. The lowest BCUT2D eigenvalue weighted by Gasteiger charge is -2.17. The van der Waals surface area contributed by atoms with E-state index in [0.717, 1.165) is 5.56 Å². The molecule has 30 heavy (non-hydrogen) atoms. The standard InChI is InChI=1S/C20H27N7O3/c1-5-26(4)20-23-17-14(12-16(28)29)25-27(9-10-30-6-2)18(17)19(24-20)22-15-11-13(3)7-8-21-15/h7-8,11H,5-6,9-10,12H2,1-4H3,(H,28,29)(H,21,22,23,24). The Hall–Kier alpha value is -3.27. The lowest BCUT2D eigenvalue weighted by molar-refractivity contribution is -0.136. The van der Waals surface area contributed by atoms with Crippen LogP contribution >= 0.6 is 0 Å². The van der Waals surface area contributed by atoms with E-state index in [-0.39, 0.29) is 6.42 Å². The Morgan fingerprint density at radius 2 is 2.13 bits per heavy atom. The van der Waals surface area contributed by atoms with Crippen molar-refractivity contribution in [1.82, 2.24) is 24.7 Å². The van der Waals surface area contributed by atoms with Gasteiger partial charge in [-0.1, -0.05) is 0 Å². The second-order valence-corrected chi connectivity index (χ2v) is 6.86. The number of hydrogen-bond acceptors (Lipinski definition) is 8. The number of anilines is 3. The number of pyridine rings is 1. The number of carboxylic acids is 1. The van der Waals surface area contributed by atoms with Crippen molar-refractivity contribution >= 4 is 34.6 Å². The summed E-state index contributed by atoms with van der Waals surface area (Å²) in [7, 11) is 1.88. The number of aromatic nitrogens is 5. The predicted octanol–water partition coefficient (Wildman–Crippen LogP) is 2.39. The van der Waals surface area contributed by atoms with Crippen LogP contribution < -0.4 is 10.2 Å². The maximum Gasteiger partial charge on any atom is 0.309 e. The van der Waals surface area contributed by atoms with E-state index >= 15 is 0 Å². The summed E-state index contributed by atoms with van der Waals surface area (Å²) >= 11 is 0. The second-order valence-electron chi connectivity index (χ2n) is 6.86. The van der Waals surface area contributed by atoms with Crippen molar-refractivity contribution in [2.75, 3.05) is 37.0 Å². The molecule has 160 valence electrons. The first-order chi connectivity index (χ1) is 14.4. The lowest BCUT2D eigenvalue weighted by Crippen LogP contribution is -2.19. The summed E-state index contributed by atoms with van der Waals surface area (Å²) < 4.78 is 7.18. The van der Waals surface area contributed by atoms with Crippen LogP contribution in [-0.2, 0) is 22.5 Å². The molecule has 0 bridgehead atoms. The fraction of sp³-hybridized carbons (Fsp3) is 0.450. The molecule has 2 N–H and O–H groups in total. The smallest absolute Gasteiger partial charge is 0.309 e. The molecule has 0 unspecified atom stereocenters. The number of carbonyl (C=O) groups is 1. The summed E-state index contributed by atoms with van der Waals surface area (Å²) in [6.45, 7) is 8.07. The molecular formula is C20H27N7O3. The first kappa shape index (κ1) is 21.4. The van der Waals surface area contributed by atoms with Gasteiger partial charge in [-0.05, 0) is 38.5 Å².